The minimum absolute atomic E-state index is 0.321. The van der Waals surface area contributed by atoms with Crippen molar-refractivity contribution in [2.24, 2.45) is 5.92 Å². The summed E-state index contributed by atoms with van der Waals surface area (Å²) in [6.45, 7) is 6.32. The number of amides is 1. The Morgan fingerprint density at radius 1 is 1.30 bits per heavy atom. The van der Waals surface area contributed by atoms with Gasteiger partial charge in [0.25, 0.3) is 0 Å². The lowest BCUT2D eigenvalue weighted by Crippen LogP contribution is -2.34. The molecule has 126 valence electrons. The van der Waals surface area contributed by atoms with Gasteiger partial charge < -0.3 is 14.8 Å². The van der Waals surface area contributed by atoms with Crippen molar-refractivity contribution in [1.82, 2.24) is 5.32 Å². The standard InChI is InChI=1S/C19H27NO3/c1-19(2,3)23-18(21)20-11-10-12-8-9-14-13-6-5-7-15(22-4)17(13)16(12)14/h5-7,12,14,16H,8-11H2,1-4H3,(H,20,21)/t12-,14+,16+/m1/s1. The van der Waals surface area contributed by atoms with Crippen LogP contribution in [0.25, 0.3) is 0 Å². The SMILES string of the molecule is COc1cccc2c1[C@H]1[C@@H](CCNC(=O)OC(C)(C)C)CC[C@@H]21. The molecule has 4 nitrogen and oxygen atoms in total. The van der Waals surface area contributed by atoms with Crippen LogP contribution in [0.1, 0.15) is 63.0 Å². The molecule has 0 radical (unpaired) electrons. The number of rotatable bonds is 4. The van der Waals surface area contributed by atoms with Crippen LogP contribution in [-0.4, -0.2) is 25.3 Å². The fourth-order valence-corrected chi connectivity index (χ4v) is 4.19. The second-order valence-corrected chi connectivity index (χ2v) is 7.65. The van der Waals surface area contributed by atoms with E-state index >= 15 is 0 Å². The number of methoxy groups -OCH3 is 1. The maximum absolute atomic E-state index is 11.7. The average molecular weight is 317 g/mol. The highest BCUT2D eigenvalue weighted by Crippen LogP contribution is 2.62. The molecule has 0 aliphatic heterocycles. The molecule has 3 rings (SSSR count). The lowest BCUT2D eigenvalue weighted by atomic mass is 9.66. The van der Waals surface area contributed by atoms with Crippen LogP contribution in [0.2, 0.25) is 0 Å². The molecular formula is C19H27NO3. The van der Waals surface area contributed by atoms with Crippen LogP contribution in [0.5, 0.6) is 5.75 Å². The summed E-state index contributed by atoms with van der Waals surface area (Å²) in [4.78, 5) is 11.7. The first-order valence-corrected chi connectivity index (χ1v) is 8.54. The molecule has 0 unspecified atom stereocenters. The molecule has 0 aromatic heterocycles. The molecule has 2 aliphatic carbocycles. The van der Waals surface area contributed by atoms with Gasteiger partial charge in [0.15, 0.2) is 0 Å². The number of fused-ring (bicyclic) bond motifs is 4. The second kappa shape index (κ2) is 6.06. The fourth-order valence-electron chi connectivity index (χ4n) is 4.19. The van der Waals surface area contributed by atoms with Crippen LogP contribution < -0.4 is 10.1 Å². The Balaban J connectivity index is 1.56. The summed E-state index contributed by atoms with van der Waals surface area (Å²) in [6, 6.07) is 6.38. The van der Waals surface area contributed by atoms with Crippen LogP contribution in [0.3, 0.4) is 0 Å². The highest BCUT2D eigenvalue weighted by atomic mass is 16.6. The Morgan fingerprint density at radius 3 is 2.78 bits per heavy atom. The highest BCUT2D eigenvalue weighted by molar-refractivity contribution is 5.67. The van der Waals surface area contributed by atoms with Crippen LogP contribution in [0.15, 0.2) is 18.2 Å². The van der Waals surface area contributed by atoms with Gasteiger partial charge in [-0.25, -0.2) is 4.79 Å². The van der Waals surface area contributed by atoms with E-state index in [4.69, 9.17) is 9.47 Å². The van der Waals surface area contributed by atoms with Gasteiger partial charge in [-0.2, -0.15) is 0 Å². The predicted octanol–water partition coefficient (Wildman–Crippen LogP) is 4.20. The third-order valence-electron chi connectivity index (χ3n) is 5.03. The topological polar surface area (TPSA) is 47.6 Å². The third kappa shape index (κ3) is 3.17. The van der Waals surface area contributed by atoms with Crippen molar-refractivity contribution in [3.8, 4) is 5.75 Å². The lowest BCUT2D eigenvalue weighted by molar-refractivity contribution is 0.0524. The van der Waals surface area contributed by atoms with E-state index in [-0.39, 0.29) is 6.09 Å². The van der Waals surface area contributed by atoms with Crippen molar-refractivity contribution in [3.63, 3.8) is 0 Å². The molecule has 1 aromatic carbocycles. The number of carbonyl (C=O) groups is 1. The van der Waals surface area contributed by atoms with Crippen LogP contribution >= 0.6 is 0 Å². The smallest absolute Gasteiger partial charge is 0.407 e. The molecule has 0 spiro atoms. The van der Waals surface area contributed by atoms with Crippen molar-refractivity contribution in [2.45, 2.75) is 57.5 Å². The van der Waals surface area contributed by atoms with Crippen molar-refractivity contribution >= 4 is 6.09 Å². The minimum Gasteiger partial charge on any atom is -0.496 e. The molecular weight excluding hydrogens is 290 g/mol. The summed E-state index contributed by atoms with van der Waals surface area (Å²) < 4.78 is 10.8. The lowest BCUT2D eigenvalue weighted by Gasteiger charge is -2.39. The zero-order valence-electron chi connectivity index (χ0n) is 14.5. The largest absolute Gasteiger partial charge is 0.496 e. The zero-order valence-corrected chi connectivity index (χ0v) is 14.5. The van der Waals surface area contributed by atoms with Crippen LogP contribution in [0.4, 0.5) is 4.79 Å². The van der Waals surface area contributed by atoms with E-state index in [9.17, 15) is 4.79 Å². The van der Waals surface area contributed by atoms with E-state index in [1.165, 1.54) is 24.0 Å². The number of benzene rings is 1. The van der Waals surface area contributed by atoms with Gasteiger partial charge in [-0.3, -0.25) is 0 Å². The van der Waals surface area contributed by atoms with E-state index in [0.29, 0.717) is 24.3 Å². The van der Waals surface area contributed by atoms with E-state index in [1.807, 2.05) is 20.8 Å². The van der Waals surface area contributed by atoms with Gasteiger partial charge in [0.1, 0.15) is 11.4 Å². The Hall–Kier alpha value is -1.71. The molecule has 1 amide bonds. The van der Waals surface area contributed by atoms with Gasteiger partial charge in [-0.05, 0) is 69.4 Å². The number of carbonyl (C=O) groups excluding carboxylic acids is 1. The van der Waals surface area contributed by atoms with Crippen molar-refractivity contribution in [3.05, 3.63) is 29.3 Å². The highest BCUT2D eigenvalue weighted by Gasteiger charge is 2.48. The molecule has 1 saturated carbocycles. The number of alkyl carbamates (subject to hydrolysis) is 1. The number of hydrogen-bond acceptors (Lipinski definition) is 3. The number of ether oxygens (including phenoxy) is 2. The van der Waals surface area contributed by atoms with Gasteiger partial charge >= 0.3 is 6.09 Å². The summed E-state index contributed by atoms with van der Waals surface area (Å²) in [6.07, 6.45) is 3.15. The van der Waals surface area contributed by atoms with Gasteiger partial charge in [0.2, 0.25) is 0 Å². The maximum atomic E-state index is 11.7. The molecule has 1 aromatic rings. The molecule has 0 bridgehead atoms. The van der Waals surface area contributed by atoms with Gasteiger partial charge in [-0.15, -0.1) is 0 Å². The molecule has 1 fully saturated rings. The van der Waals surface area contributed by atoms with Crippen molar-refractivity contribution < 1.29 is 14.3 Å². The number of hydrogen-bond donors (Lipinski definition) is 1. The van der Waals surface area contributed by atoms with E-state index in [2.05, 4.69) is 23.5 Å². The fraction of sp³-hybridized carbons (Fsp3) is 0.632. The van der Waals surface area contributed by atoms with Gasteiger partial charge in [0.05, 0.1) is 7.11 Å². The molecule has 23 heavy (non-hydrogen) atoms. The molecule has 4 heteroatoms. The third-order valence-corrected chi connectivity index (χ3v) is 5.03. The molecule has 0 saturated heterocycles. The Kier molecular flexibility index (Phi) is 4.26. The average Bonchev–Trinajstić information content (AvgIpc) is 2.80. The quantitative estimate of drug-likeness (QED) is 0.905. The first kappa shape index (κ1) is 16.2. The monoisotopic (exact) mass is 317 g/mol. The van der Waals surface area contributed by atoms with Crippen molar-refractivity contribution in [1.29, 1.82) is 0 Å². The zero-order chi connectivity index (χ0) is 16.6. The maximum Gasteiger partial charge on any atom is 0.407 e. The van der Waals surface area contributed by atoms with E-state index in [1.54, 1.807) is 7.11 Å². The summed E-state index contributed by atoms with van der Waals surface area (Å²) in [5, 5.41) is 2.89. The van der Waals surface area contributed by atoms with Gasteiger partial charge in [-0.1, -0.05) is 12.1 Å². The first-order chi connectivity index (χ1) is 10.9. The molecule has 3 atom stereocenters. The normalized spacial score (nSPS) is 25.1. The van der Waals surface area contributed by atoms with Crippen LogP contribution in [-0.2, 0) is 4.74 Å². The second-order valence-electron chi connectivity index (χ2n) is 7.65. The molecule has 2 aliphatic rings. The van der Waals surface area contributed by atoms with Crippen molar-refractivity contribution in [2.75, 3.05) is 13.7 Å². The Bertz CT molecular complexity index is 591. The van der Waals surface area contributed by atoms with Crippen LogP contribution in [0, 0.1) is 5.92 Å². The Labute approximate surface area is 138 Å². The predicted molar refractivity (Wildman–Crippen MR) is 90.1 cm³/mol. The van der Waals surface area contributed by atoms with Gasteiger partial charge in [0, 0.05) is 12.1 Å². The summed E-state index contributed by atoms with van der Waals surface area (Å²) in [7, 11) is 1.75. The summed E-state index contributed by atoms with van der Waals surface area (Å²) >= 11 is 0. The number of nitrogens with one attached hydrogen (secondary N) is 1. The summed E-state index contributed by atoms with van der Waals surface area (Å²) in [5.74, 6) is 2.93. The Morgan fingerprint density at radius 2 is 2.09 bits per heavy atom. The summed E-state index contributed by atoms with van der Waals surface area (Å²) in [5.41, 5.74) is 2.43. The molecule has 0 heterocycles. The molecule has 1 N–H and O–H groups in total. The van der Waals surface area contributed by atoms with E-state index < -0.39 is 5.60 Å². The first-order valence-electron chi connectivity index (χ1n) is 8.54. The van der Waals surface area contributed by atoms with E-state index in [0.717, 1.165) is 12.2 Å². The minimum atomic E-state index is -0.442.